The number of nitrogens with one attached hydrogen (secondary N) is 1. The van der Waals surface area contributed by atoms with Gasteiger partial charge in [-0.05, 0) is 39.3 Å². The minimum atomic E-state index is 0.680. The van der Waals surface area contributed by atoms with E-state index in [1.165, 1.54) is 58.2 Å². The predicted octanol–water partition coefficient (Wildman–Crippen LogP) is 3.67. The maximum Gasteiger partial charge on any atom is 0.0107 e. The quantitative estimate of drug-likeness (QED) is 0.562. The average Bonchev–Trinajstić information content (AvgIpc) is 2.32. The van der Waals surface area contributed by atoms with Crippen molar-refractivity contribution in [2.75, 3.05) is 26.2 Å². The number of nitrogens with zero attached hydrogens (tertiary/aromatic N) is 1. The van der Waals surface area contributed by atoms with Gasteiger partial charge in [-0.2, -0.15) is 0 Å². The molecule has 1 atom stereocenters. The highest BCUT2D eigenvalue weighted by atomic mass is 15.1. The highest BCUT2D eigenvalue weighted by molar-refractivity contribution is 4.64. The van der Waals surface area contributed by atoms with Gasteiger partial charge in [-0.15, -0.1) is 0 Å². The lowest BCUT2D eigenvalue weighted by molar-refractivity contribution is 0.260. The van der Waals surface area contributed by atoms with E-state index < -0.39 is 0 Å². The second-order valence-corrected chi connectivity index (χ2v) is 5.19. The summed E-state index contributed by atoms with van der Waals surface area (Å²) in [5.74, 6) is 0. The lowest BCUT2D eigenvalue weighted by Gasteiger charge is -2.23. The van der Waals surface area contributed by atoms with E-state index in [4.69, 9.17) is 0 Å². The fourth-order valence-electron chi connectivity index (χ4n) is 2.10. The smallest absolute Gasteiger partial charge is 0.0107 e. The SMILES string of the molecule is CCCCN(CCCC)CCNC(C)CCC. The van der Waals surface area contributed by atoms with Crippen LogP contribution in [-0.2, 0) is 0 Å². The fourth-order valence-corrected chi connectivity index (χ4v) is 2.10. The summed E-state index contributed by atoms with van der Waals surface area (Å²) in [5.41, 5.74) is 0. The number of hydrogen-bond acceptors (Lipinski definition) is 2. The zero-order valence-electron chi connectivity index (χ0n) is 12.6. The Morgan fingerprint density at radius 2 is 1.47 bits per heavy atom. The Bertz CT molecular complexity index is 140. The molecule has 2 heteroatoms. The molecule has 0 fully saturated rings. The van der Waals surface area contributed by atoms with Crippen LogP contribution in [0.2, 0.25) is 0 Å². The van der Waals surface area contributed by atoms with Crippen LogP contribution in [0.3, 0.4) is 0 Å². The third-order valence-corrected chi connectivity index (χ3v) is 3.30. The van der Waals surface area contributed by atoms with E-state index >= 15 is 0 Å². The zero-order valence-corrected chi connectivity index (χ0v) is 12.6. The first-order chi connectivity index (χ1) is 8.24. The molecule has 0 radical (unpaired) electrons. The van der Waals surface area contributed by atoms with Crippen molar-refractivity contribution in [3.63, 3.8) is 0 Å². The Morgan fingerprint density at radius 1 is 0.882 bits per heavy atom. The highest BCUT2D eigenvalue weighted by Gasteiger charge is 2.04. The molecule has 1 unspecified atom stereocenters. The van der Waals surface area contributed by atoms with Gasteiger partial charge in [0.2, 0.25) is 0 Å². The zero-order chi connectivity index (χ0) is 12.9. The second-order valence-electron chi connectivity index (χ2n) is 5.19. The van der Waals surface area contributed by atoms with Gasteiger partial charge in [-0.25, -0.2) is 0 Å². The number of unbranched alkanes of at least 4 members (excludes halogenated alkanes) is 2. The molecule has 0 heterocycles. The normalized spacial score (nSPS) is 13.2. The molecule has 0 aromatic heterocycles. The van der Waals surface area contributed by atoms with E-state index in [0.29, 0.717) is 6.04 Å². The molecule has 0 aliphatic rings. The van der Waals surface area contributed by atoms with E-state index in [1.807, 2.05) is 0 Å². The van der Waals surface area contributed by atoms with E-state index in [9.17, 15) is 0 Å². The highest BCUT2D eigenvalue weighted by Crippen LogP contribution is 1.99. The third kappa shape index (κ3) is 10.8. The first-order valence-electron chi connectivity index (χ1n) is 7.70. The summed E-state index contributed by atoms with van der Waals surface area (Å²) in [4.78, 5) is 2.62. The summed E-state index contributed by atoms with van der Waals surface area (Å²) in [7, 11) is 0. The molecule has 0 bridgehead atoms. The van der Waals surface area contributed by atoms with E-state index in [1.54, 1.807) is 0 Å². The van der Waals surface area contributed by atoms with Gasteiger partial charge in [0.05, 0.1) is 0 Å². The van der Waals surface area contributed by atoms with Crippen LogP contribution in [-0.4, -0.2) is 37.1 Å². The topological polar surface area (TPSA) is 15.3 Å². The predicted molar refractivity (Wildman–Crippen MR) is 78.6 cm³/mol. The van der Waals surface area contributed by atoms with Crippen molar-refractivity contribution in [2.45, 2.75) is 72.3 Å². The molecule has 0 aromatic rings. The molecule has 1 N–H and O–H groups in total. The largest absolute Gasteiger partial charge is 0.313 e. The van der Waals surface area contributed by atoms with Crippen molar-refractivity contribution in [1.82, 2.24) is 10.2 Å². The molecule has 0 aliphatic carbocycles. The summed E-state index contributed by atoms with van der Waals surface area (Å²) in [6.45, 7) is 14.0. The van der Waals surface area contributed by atoms with Gasteiger partial charge in [0.15, 0.2) is 0 Å². The van der Waals surface area contributed by atoms with Crippen LogP contribution in [0.1, 0.15) is 66.2 Å². The monoisotopic (exact) mass is 242 g/mol. The number of hydrogen-bond donors (Lipinski definition) is 1. The van der Waals surface area contributed by atoms with Gasteiger partial charge in [-0.3, -0.25) is 0 Å². The third-order valence-electron chi connectivity index (χ3n) is 3.30. The summed E-state index contributed by atoms with van der Waals surface area (Å²) < 4.78 is 0. The Kier molecular flexibility index (Phi) is 12.3. The van der Waals surface area contributed by atoms with Gasteiger partial charge in [0, 0.05) is 19.1 Å². The lowest BCUT2D eigenvalue weighted by Crippen LogP contribution is -2.36. The molecule has 0 saturated heterocycles. The molecule has 0 spiro atoms. The van der Waals surface area contributed by atoms with E-state index in [-0.39, 0.29) is 0 Å². The van der Waals surface area contributed by atoms with Gasteiger partial charge in [0.1, 0.15) is 0 Å². The molecule has 0 aromatic carbocycles. The van der Waals surface area contributed by atoms with Gasteiger partial charge in [0.25, 0.3) is 0 Å². The maximum absolute atomic E-state index is 3.63. The Labute approximate surface area is 109 Å². The first-order valence-corrected chi connectivity index (χ1v) is 7.70. The van der Waals surface area contributed by atoms with E-state index in [0.717, 1.165) is 6.54 Å². The minimum Gasteiger partial charge on any atom is -0.313 e. The molecule has 0 aliphatic heterocycles. The molecule has 17 heavy (non-hydrogen) atoms. The van der Waals surface area contributed by atoms with Crippen LogP contribution in [0.4, 0.5) is 0 Å². The van der Waals surface area contributed by atoms with Gasteiger partial charge >= 0.3 is 0 Å². The first kappa shape index (κ1) is 16.9. The lowest BCUT2D eigenvalue weighted by atomic mass is 10.2. The van der Waals surface area contributed by atoms with Gasteiger partial charge in [-0.1, -0.05) is 40.0 Å². The molecular weight excluding hydrogens is 208 g/mol. The molecule has 0 rings (SSSR count). The van der Waals surface area contributed by atoms with Gasteiger partial charge < -0.3 is 10.2 Å². The van der Waals surface area contributed by atoms with Crippen LogP contribution in [0, 0.1) is 0 Å². The van der Waals surface area contributed by atoms with Crippen LogP contribution < -0.4 is 5.32 Å². The average molecular weight is 242 g/mol. The van der Waals surface area contributed by atoms with Crippen molar-refractivity contribution in [3.8, 4) is 0 Å². The molecule has 0 saturated carbocycles. The second kappa shape index (κ2) is 12.4. The van der Waals surface area contributed by atoms with Crippen molar-refractivity contribution in [3.05, 3.63) is 0 Å². The molecule has 0 amide bonds. The fraction of sp³-hybridized carbons (Fsp3) is 1.00. The Hall–Kier alpha value is -0.0800. The molecular formula is C15H34N2. The van der Waals surface area contributed by atoms with E-state index in [2.05, 4.69) is 37.9 Å². The minimum absolute atomic E-state index is 0.680. The standard InChI is InChI=1S/C15H34N2/c1-5-8-12-17(13-9-6-2)14-11-16-15(4)10-7-3/h15-16H,5-14H2,1-4H3. The summed E-state index contributed by atoms with van der Waals surface area (Å²) in [5, 5.41) is 3.63. The summed E-state index contributed by atoms with van der Waals surface area (Å²) in [6, 6.07) is 0.680. The van der Waals surface area contributed by atoms with Crippen LogP contribution in [0.15, 0.2) is 0 Å². The Balaban J connectivity index is 3.65. The molecule has 2 nitrogen and oxygen atoms in total. The van der Waals surface area contributed by atoms with Crippen LogP contribution in [0.25, 0.3) is 0 Å². The van der Waals surface area contributed by atoms with Crippen molar-refractivity contribution >= 4 is 0 Å². The van der Waals surface area contributed by atoms with Crippen molar-refractivity contribution < 1.29 is 0 Å². The maximum atomic E-state index is 3.63. The summed E-state index contributed by atoms with van der Waals surface area (Å²) in [6.07, 6.45) is 7.88. The number of rotatable bonds is 12. The van der Waals surface area contributed by atoms with Crippen LogP contribution >= 0.6 is 0 Å². The Morgan fingerprint density at radius 3 is 1.94 bits per heavy atom. The van der Waals surface area contributed by atoms with Crippen molar-refractivity contribution in [1.29, 1.82) is 0 Å². The summed E-state index contributed by atoms with van der Waals surface area (Å²) >= 11 is 0. The molecule has 104 valence electrons. The van der Waals surface area contributed by atoms with Crippen LogP contribution in [0.5, 0.6) is 0 Å². The van der Waals surface area contributed by atoms with Crippen molar-refractivity contribution in [2.24, 2.45) is 0 Å².